The van der Waals surface area contributed by atoms with Crippen molar-refractivity contribution in [1.82, 2.24) is 15.3 Å². The fourth-order valence-corrected chi connectivity index (χ4v) is 3.26. The molecule has 1 amide bonds. The lowest BCUT2D eigenvalue weighted by molar-refractivity contribution is -0.117. The molecule has 27 heavy (non-hydrogen) atoms. The zero-order valence-electron chi connectivity index (χ0n) is 14.6. The van der Waals surface area contributed by atoms with Crippen molar-refractivity contribution in [3.05, 3.63) is 77.6 Å². The van der Waals surface area contributed by atoms with Crippen LogP contribution in [-0.4, -0.2) is 22.4 Å². The molecule has 5 nitrogen and oxygen atoms in total. The van der Waals surface area contributed by atoms with E-state index >= 15 is 0 Å². The zero-order valence-corrected chi connectivity index (χ0v) is 14.6. The highest BCUT2D eigenvalue weighted by Crippen LogP contribution is 2.20. The molecule has 0 saturated heterocycles. The summed E-state index contributed by atoms with van der Waals surface area (Å²) >= 11 is 0. The van der Waals surface area contributed by atoms with Crippen molar-refractivity contribution >= 4 is 33.8 Å². The lowest BCUT2D eigenvalue weighted by atomic mass is 10.1. The standard InChI is InChI=1S/C22H18N4O/c23-12-16(11-17-14-26-21-8-4-2-6-19(17)21)22(27)24-10-9-15-13-25-20-7-3-1-5-18(15)20/h1-8,11,13-14,25-26H,9-10H2,(H,24,27)/b16-11+. The number of hydrogen-bond donors (Lipinski definition) is 3. The van der Waals surface area contributed by atoms with Crippen molar-refractivity contribution in [1.29, 1.82) is 5.26 Å². The molecule has 0 bridgehead atoms. The maximum absolute atomic E-state index is 12.4. The number of fused-ring (bicyclic) bond motifs is 2. The Labute approximate surface area is 156 Å². The molecule has 0 aliphatic rings. The van der Waals surface area contributed by atoms with Gasteiger partial charge in [-0.05, 0) is 30.2 Å². The van der Waals surface area contributed by atoms with Gasteiger partial charge in [-0.3, -0.25) is 4.79 Å². The van der Waals surface area contributed by atoms with Crippen LogP contribution >= 0.6 is 0 Å². The smallest absolute Gasteiger partial charge is 0.261 e. The molecular formula is C22H18N4O. The van der Waals surface area contributed by atoms with Gasteiger partial charge < -0.3 is 15.3 Å². The van der Waals surface area contributed by atoms with Crippen LogP contribution in [0.15, 0.2) is 66.5 Å². The molecule has 2 aromatic heterocycles. The predicted octanol–water partition coefficient (Wildman–Crippen LogP) is 3.92. The Hall–Kier alpha value is -3.78. The summed E-state index contributed by atoms with van der Waals surface area (Å²) in [6, 6.07) is 17.9. The van der Waals surface area contributed by atoms with Gasteiger partial charge in [0, 0.05) is 46.3 Å². The van der Waals surface area contributed by atoms with E-state index in [1.165, 1.54) is 0 Å². The maximum atomic E-state index is 12.4. The Morgan fingerprint density at radius 3 is 2.44 bits per heavy atom. The monoisotopic (exact) mass is 354 g/mol. The van der Waals surface area contributed by atoms with Gasteiger partial charge in [-0.1, -0.05) is 36.4 Å². The minimum atomic E-state index is -0.359. The quantitative estimate of drug-likeness (QED) is 0.375. The highest BCUT2D eigenvalue weighted by atomic mass is 16.1. The fraction of sp³-hybridized carbons (Fsp3) is 0.0909. The molecule has 0 fully saturated rings. The van der Waals surface area contributed by atoms with Gasteiger partial charge in [-0.15, -0.1) is 0 Å². The molecule has 0 radical (unpaired) electrons. The van der Waals surface area contributed by atoms with Gasteiger partial charge in [-0.25, -0.2) is 0 Å². The molecule has 0 spiro atoms. The zero-order chi connectivity index (χ0) is 18.6. The van der Waals surface area contributed by atoms with Crippen molar-refractivity contribution in [2.75, 3.05) is 6.54 Å². The van der Waals surface area contributed by atoms with Crippen LogP contribution in [0.1, 0.15) is 11.1 Å². The first-order valence-corrected chi connectivity index (χ1v) is 8.77. The Morgan fingerprint density at radius 2 is 1.67 bits per heavy atom. The average molecular weight is 354 g/mol. The van der Waals surface area contributed by atoms with Crippen LogP contribution in [0.3, 0.4) is 0 Å². The van der Waals surface area contributed by atoms with Crippen LogP contribution in [0.5, 0.6) is 0 Å². The fourth-order valence-electron chi connectivity index (χ4n) is 3.26. The van der Waals surface area contributed by atoms with Gasteiger partial charge in [-0.2, -0.15) is 5.26 Å². The van der Waals surface area contributed by atoms with E-state index in [-0.39, 0.29) is 11.5 Å². The van der Waals surface area contributed by atoms with E-state index in [0.717, 1.165) is 32.9 Å². The molecule has 0 aliphatic carbocycles. The number of nitrogens with zero attached hydrogens (tertiary/aromatic N) is 1. The second-order valence-corrected chi connectivity index (χ2v) is 6.32. The normalized spacial score (nSPS) is 11.6. The highest BCUT2D eigenvalue weighted by molar-refractivity contribution is 6.03. The Morgan fingerprint density at radius 1 is 1.00 bits per heavy atom. The van der Waals surface area contributed by atoms with Gasteiger partial charge in [0.05, 0.1) is 0 Å². The summed E-state index contributed by atoms with van der Waals surface area (Å²) in [5.74, 6) is -0.359. The summed E-state index contributed by atoms with van der Waals surface area (Å²) in [4.78, 5) is 18.8. The summed E-state index contributed by atoms with van der Waals surface area (Å²) in [5, 5.41) is 14.4. The van der Waals surface area contributed by atoms with Crippen LogP contribution < -0.4 is 5.32 Å². The largest absolute Gasteiger partial charge is 0.361 e. The summed E-state index contributed by atoms with van der Waals surface area (Å²) in [6.07, 6.45) is 6.09. The molecule has 0 saturated carbocycles. The minimum Gasteiger partial charge on any atom is -0.361 e. The SMILES string of the molecule is N#C/C(=C\c1c[nH]c2ccccc12)C(=O)NCCc1c[nH]c2ccccc12. The van der Waals surface area contributed by atoms with Gasteiger partial charge in [0.15, 0.2) is 0 Å². The predicted molar refractivity (Wildman–Crippen MR) is 107 cm³/mol. The number of para-hydroxylation sites is 2. The Kier molecular flexibility index (Phi) is 4.46. The summed E-state index contributed by atoms with van der Waals surface area (Å²) < 4.78 is 0. The molecule has 4 rings (SSSR count). The van der Waals surface area contributed by atoms with E-state index in [2.05, 4.69) is 21.4 Å². The van der Waals surface area contributed by atoms with E-state index in [9.17, 15) is 10.1 Å². The lowest BCUT2D eigenvalue weighted by Crippen LogP contribution is -2.26. The van der Waals surface area contributed by atoms with Crippen LogP contribution in [0, 0.1) is 11.3 Å². The van der Waals surface area contributed by atoms with Gasteiger partial charge in [0.2, 0.25) is 0 Å². The van der Waals surface area contributed by atoms with E-state index in [0.29, 0.717) is 13.0 Å². The maximum Gasteiger partial charge on any atom is 0.261 e. The van der Waals surface area contributed by atoms with E-state index < -0.39 is 0 Å². The number of hydrogen-bond acceptors (Lipinski definition) is 2. The molecular weight excluding hydrogens is 336 g/mol. The molecule has 0 unspecified atom stereocenters. The number of nitrogens with one attached hydrogen (secondary N) is 3. The molecule has 5 heteroatoms. The van der Waals surface area contributed by atoms with E-state index in [1.54, 1.807) is 12.3 Å². The van der Waals surface area contributed by atoms with Crippen LogP contribution in [0.4, 0.5) is 0 Å². The molecule has 2 heterocycles. The summed E-state index contributed by atoms with van der Waals surface area (Å²) in [5.41, 5.74) is 4.12. The number of carbonyl (C=O) groups is 1. The van der Waals surface area contributed by atoms with Crippen molar-refractivity contribution in [3.8, 4) is 6.07 Å². The van der Waals surface area contributed by atoms with Crippen molar-refractivity contribution in [2.45, 2.75) is 6.42 Å². The number of benzene rings is 2. The number of aromatic amines is 2. The highest BCUT2D eigenvalue weighted by Gasteiger charge is 2.11. The Bertz CT molecular complexity index is 1190. The third-order valence-corrected chi connectivity index (χ3v) is 4.64. The van der Waals surface area contributed by atoms with E-state index in [1.807, 2.05) is 54.7 Å². The van der Waals surface area contributed by atoms with Crippen LogP contribution in [-0.2, 0) is 11.2 Å². The molecule has 4 aromatic rings. The van der Waals surface area contributed by atoms with Crippen molar-refractivity contribution < 1.29 is 4.79 Å². The first-order chi connectivity index (χ1) is 13.3. The lowest BCUT2D eigenvalue weighted by Gasteiger charge is -2.04. The second kappa shape index (κ2) is 7.22. The molecule has 0 atom stereocenters. The van der Waals surface area contributed by atoms with Gasteiger partial charge in [0.1, 0.15) is 11.6 Å². The number of carbonyl (C=O) groups excluding carboxylic acids is 1. The third kappa shape index (κ3) is 3.33. The molecule has 132 valence electrons. The van der Waals surface area contributed by atoms with E-state index in [4.69, 9.17) is 0 Å². The first-order valence-electron chi connectivity index (χ1n) is 8.77. The van der Waals surface area contributed by atoms with Gasteiger partial charge >= 0.3 is 0 Å². The summed E-state index contributed by atoms with van der Waals surface area (Å²) in [6.45, 7) is 0.466. The topological polar surface area (TPSA) is 84.5 Å². The molecule has 3 N–H and O–H groups in total. The average Bonchev–Trinajstić information content (AvgIpc) is 3.30. The number of aromatic nitrogens is 2. The molecule has 2 aromatic carbocycles. The van der Waals surface area contributed by atoms with Crippen LogP contribution in [0.2, 0.25) is 0 Å². The number of nitriles is 1. The first kappa shape index (κ1) is 16.7. The third-order valence-electron chi connectivity index (χ3n) is 4.64. The Balaban J connectivity index is 1.45. The van der Waals surface area contributed by atoms with Crippen LogP contribution in [0.25, 0.3) is 27.9 Å². The molecule has 0 aliphatic heterocycles. The number of H-pyrrole nitrogens is 2. The number of rotatable bonds is 5. The van der Waals surface area contributed by atoms with Crippen molar-refractivity contribution in [3.63, 3.8) is 0 Å². The minimum absolute atomic E-state index is 0.0960. The number of amides is 1. The van der Waals surface area contributed by atoms with Gasteiger partial charge in [0.25, 0.3) is 5.91 Å². The van der Waals surface area contributed by atoms with Crippen molar-refractivity contribution in [2.24, 2.45) is 0 Å². The summed E-state index contributed by atoms with van der Waals surface area (Å²) in [7, 11) is 0. The second-order valence-electron chi connectivity index (χ2n) is 6.32.